The molecule has 1 fully saturated rings. The van der Waals surface area contributed by atoms with Crippen LogP contribution >= 0.6 is 0 Å². The van der Waals surface area contributed by atoms with E-state index in [1.807, 2.05) is 50.2 Å². The van der Waals surface area contributed by atoms with E-state index < -0.39 is 22.0 Å². The minimum atomic E-state index is -3.73. The van der Waals surface area contributed by atoms with Gasteiger partial charge in [0.05, 0.1) is 11.9 Å². The molecule has 3 rings (SSSR count). The number of sulfonamides is 1. The van der Waals surface area contributed by atoms with Crippen LogP contribution in [0.25, 0.3) is 0 Å². The number of rotatable bonds is 9. The highest BCUT2D eigenvalue weighted by Gasteiger charge is 2.31. The van der Waals surface area contributed by atoms with Crippen LogP contribution in [-0.4, -0.2) is 50.0 Å². The van der Waals surface area contributed by atoms with Crippen molar-refractivity contribution < 1.29 is 18.0 Å². The first-order valence-corrected chi connectivity index (χ1v) is 14.1. The van der Waals surface area contributed by atoms with Crippen molar-refractivity contribution in [3.63, 3.8) is 0 Å². The topological polar surface area (TPSA) is 86.8 Å². The van der Waals surface area contributed by atoms with Crippen molar-refractivity contribution in [3.8, 4) is 0 Å². The van der Waals surface area contributed by atoms with Gasteiger partial charge >= 0.3 is 0 Å². The van der Waals surface area contributed by atoms with Gasteiger partial charge in [-0.15, -0.1) is 0 Å². The van der Waals surface area contributed by atoms with Gasteiger partial charge in [-0.1, -0.05) is 55.7 Å². The van der Waals surface area contributed by atoms with Gasteiger partial charge in [-0.3, -0.25) is 13.9 Å². The molecule has 0 bridgehead atoms. The summed E-state index contributed by atoms with van der Waals surface area (Å²) in [4.78, 5) is 28.2. The molecule has 0 heterocycles. The van der Waals surface area contributed by atoms with Crippen LogP contribution in [0.5, 0.6) is 0 Å². The Hall–Kier alpha value is -2.87. The molecule has 0 unspecified atom stereocenters. The molecule has 0 aromatic heterocycles. The molecule has 0 spiro atoms. The number of carbonyl (C=O) groups is 2. The monoisotopic (exact) mass is 499 g/mol. The summed E-state index contributed by atoms with van der Waals surface area (Å²) in [5.74, 6) is -0.637. The minimum absolute atomic E-state index is 0.121. The van der Waals surface area contributed by atoms with Gasteiger partial charge in [0.1, 0.15) is 12.6 Å². The molecule has 1 aliphatic carbocycles. The molecule has 190 valence electrons. The van der Waals surface area contributed by atoms with Crippen molar-refractivity contribution >= 4 is 27.5 Å². The van der Waals surface area contributed by atoms with E-state index in [1.165, 1.54) is 11.3 Å². The Balaban J connectivity index is 1.86. The molecule has 35 heavy (non-hydrogen) atoms. The Morgan fingerprint density at radius 1 is 1.00 bits per heavy atom. The van der Waals surface area contributed by atoms with Gasteiger partial charge in [-0.25, -0.2) is 8.42 Å². The number of hydrogen-bond acceptors (Lipinski definition) is 4. The Morgan fingerprint density at radius 3 is 2.26 bits per heavy atom. The Kier molecular flexibility index (Phi) is 8.94. The molecule has 1 aliphatic rings. The Morgan fingerprint density at radius 2 is 1.66 bits per heavy atom. The molecule has 0 radical (unpaired) electrons. The van der Waals surface area contributed by atoms with Crippen LogP contribution in [0, 0.1) is 13.8 Å². The number of aryl methyl sites for hydroxylation is 2. The van der Waals surface area contributed by atoms with E-state index in [0.29, 0.717) is 5.69 Å². The predicted molar refractivity (Wildman–Crippen MR) is 140 cm³/mol. The molecule has 7 nitrogen and oxygen atoms in total. The van der Waals surface area contributed by atoms with Gasteiger partial charge in [0.2, 0.25) is 21.8 Å². The summed E-state index contributed by atoms with van der Waals surface area (Å²) in [6.45, 7) is 5.39. The zero-order valence-electron chi connectivity index (χ0n) is 21.2. The number of hydrogen-bond donors (Lipinski definition) is 1. The number of benzene rings is 2. The third kappa shape index (κ3) is 7.31. The molecule has 2 amide bonds. The lowest BCUT2D eigenvalue weighted by molar-refractivity contribution is -0.139. The maximum atomic E-state index is 13.6. The highest BCUT2D eigenvalue weighted by molar-refractivity contribution is 7.92. The van der Waals surface area contributed by atoms with Crippen molar-refractivity contribution in [1.82, 2.24) is 10.2 Å². The summed E-state index contributed by atoms with van der Waals surface area (Å²) >= 11 is 0. The fourth-order valence-electron chi connectivity index (χ4n) is 4.43. The van der Waals surface area contributed by atoms with E-state index in [0.717, 1.165) is 52.9 Å². The number of carbonyl (C=O) groups excluding carboxylic acids is 2. The molecule has 1 N–H and O–H groups in total. The number of amides is 2. The quantitative estimate of drug-likeness (QED) is 0.566. The van der Waals surface area contributed by atoms with Gasteiger partial charge in [-0.2, -0.15) is 0 Å². The zero-order chi connectivity index (χ0) is 25.6. The average Bonchev–Trinajstić information content (AvgIpc) is 2.83. The number of nitrogens with zero attached hydrogens (tertiary/aromatic N) is 2. The maximum absolute atomic E-state index is 13.6. The van der Waals surface area contributed by atoms with E-state index in [1.54, 1.807) is 19.1 Å². The fraction of sp³-hybridized carbons (Fsp3) is 0.481. The second-order valence-corrected chi connectivity index (χ2v) is 11.5. The van der Waals surface area contributed by atoms with Crippen molar-refractivity contribution in [1.29, 1.82) is 0 Å². The van der Waals surface area contributed by atoms with Crippen LogP contribution in [0.4, 0.5) is 5.69 Å². The van der Waals surface area contributed by atoms with E-state index >= 15 is 0 Å². The van der Waals surface area contributed by atoms with Crippen molar-refractivity contribution in [2.45, 2.75) is 71.5 Å². The van der Waals surface area contributed by atoms with E-state index in [9.17, 15) is 18.0 Å². The van der Waals surface area contributed by atoms with Crippen LogP contribution < -0.4 is 9.62 Å². The first-order chi connectivity index (χ1) is 16.6. The van der Waals surface area contributed by atoms with E-state index in [2.05, 4.69) is 5.32 Å². The minimum Gasteiger partial charge on any atom is -0.352 e. The van der Waals surface area contributed by atoms with Crippen molar-refractivity contribution in [3.05, 3.63) is 65.2 Å². The van der Waals surface area contributed by atoms with E-state index in [4.69, 9.17) is 0 Å². The Bertz CT molecular complexity index is 1130. The molecule has 1 saturated carbocycles. The number of anilines is 1. The summed E-state index contributed by atoms with van der Waals surface area (Å²) in [7, 11) is -3.73. The Labute approximate surface area is 209 Å². The second kappa shape index (κ2) is 11.7. The average molecular weight is 500 g/mol. The molecule has 2 aromatic rings. The van der Waals surface area contributed by atoms with Gasteiger partial charge in [0.15, 0.2) is 0 Å². The van der Waals surface area contributed by atoms with Gasteiger partial charge in [0.25, 0.3) is 0 Å². The van der Waals surface area contributed by atoms with Crippen LogP contribution in [0.1, 0.15) is 55.7 Å². The van der Waals surface area contributed by atoms with Gasteiger partial charge in [0, 0.05) is 12.6 Å². The smallest absolute Gasteiger partial charge is 0.244 e. The highest BCUT2D eigenvalue weighted by atomic mass is 32.2. The number of nitrogens with one attached hydrogen (secondary N) is 1. The maximum Gasteiger partial charge on any atom is 0.244 e. The summed E-state index contributed by atoms with van der Waals surface area (Å²) in [6, 6.07) is 14.1. The third-order valence-corrected chi connectivity index (χ3v) is 7.91. The molecule has 0 saturated heterocycles. The third-order valence-electron chi connectivity index (χ3n) is 6.77. The normalized spacial score (nSPS) is 15.3. The predicted octanol–water partition coefficient (Wildman–Crippen LogP) is 3.94. The first kappa shape index (κ1) is 26.7. The van der Waals surface area contributed by atoms with Gasteiger partial charge < -0.3 is 10.2 Å². The van der Waals surface area contributed by atoms with Crippen LogP contribution in [0.15, 0.2) is 48.5 Å². The van der Waals surface area contributed by atoms with Crippen LogP contribution in [-0.2, 0) is 26.2 Å². The first-order valence-electron chi connectivity index (χ1n) is 12.2. The van der Waals surface area contributed by atoms with Gasteiger partial charge in [-0.05, 0) is 62.4 Å². The summed E-state index contributed by atoms with van der Waals surface area (Å²) in [5.41, 5.74) is 3.27. The molecule has 2 aromatic carbocycles. The second-order valence-electron chi connectivity index (χ2n) is 9.56. The molecule has 8 heteroatoms. The van der Waals surface area contributed by atoms with Crippen LogP contribution in [0.3, 0.4) is 0 Å². The summed E-state index contributed by atoms with van der Waals surface area (Å²) < 4.78 is 26.5. The van der Waals surface area contributed by atoms with Crippen LogP contribution in [0.2, 0.25) is 0 Å². The largest absolute Gasteiger partial charge is 0.352 e. The molecule has 0 aliphatic heterocycles. The fourth-order valence-corrected chi connectivity index (χ4v) is 5.27. The zero-order valence-corrected chi connectivity index (χ0v) is 22.0. The molecule has 1 atom stereocenters. The van der Waals surface area contributed by atoms with Crippen molar-refractivity contribution in [2.24, 2.45) is 0 Å². The highest BCUT2D eigenvalue weighted by Crippen LogP contribution is 2.22. The van der Waals surface area contributed by atoms with E-state index in [-0.39, 0.29) is 25.0 Å². The summed E-state index contributed by atoms with van der Waals surface area (Å²) in [6.07, 6.45) is 6.34. The lowest BCUT2D eigenvalue weighted by atomic mass is 9.95. The molecular weight excluding hydrogens is 462 g/mol. The SMILES string of the molecule is Cc1ccc(N(CC(=O)N(Cc2ccccc2)[C@H](C)C(=O)NC2CCCCC2)S(C)(=O)=O)cc1C. The lowest BCUT2D eigenvalue weighted by Gasteiger charge is -2.33. The standard InChI is InChI=1S/C27H37N3O4S/c1-20-15-16-25(17-21(20)2)30(35(4,33)34)19-26(31)29(18-23-11-7-5-8-12-23)22(3)27(32)28-24-13-9-6-10-14-24/h5,7-8,11-12,15-17,22,24H,6,9-10,13-14,18-19H2,1-4H3,(H,28,32)/t22-/m1/s1. The molecular formula is C27H37N3O4S. The summed E-state index contributed by atoms with van der Waals surface area (Å²) in [5, 5.41) is 3.10. The van der Waals surface area contributed by atoms with Crippen molar-refractivity contribution in [2.75, 3.05) is 17.1 Å². The lowest BCUT2D eigenvalue weighted by Crippen LogP contribution is -2.52.